The van der Waals surface area contributed by atoms with Gasteiger partial charge in [-0.3, -0.25) is 0 Å². The fourth-order valence-corrected chi connectivity index (χ4v) is 3.99. The lowest BCUT2D eigenvalue weighted by molar-refractivity contribution is 0.267. The van der Waals surface area contributed by atoms with Crippen LogP contribution in [0.3, 0.4) is 0 Å². The molecule has 0 aliphatic rings. The second-order valence-corrected chi connectivity index (χ2v) is 8.75. The van der Waals surface area contributed by atoms with Crippen LogP contribution in [0.15, 0.2) is 58.1 Å². The van der Waals surface area contributed by atoms with E-state index < -0.39 is 0 Å². The van der Waals surface area contributed by atoms with Crippen molar-refractivity contribution in [3.05, 3.63) is 79.7 Å². The molecule has 0 fully saturated rings. The molecule has 3 aromatic rings. The standard InChI is InChI=1S/C25H25BrCl2N2O4/c1-4-33-24-12-18(14-30-29-13-16-6-8-22(31-2)23(11-16)32-3)9-19(26)25(24)34-15-17-5-7-20(27)21(28)10-17/h5-12,14,29H,4,13,15H2,1-3H3/b30-14-. The van der Waals surface area contributed by atoms with Gasteiger partial charge in [-0.2, -0.15) is 5.10 Å². The van der Waals surface area contributed by atoms with Gasteiger partial charge in [0.1, 0.15) is 6.61 Å². The Morgan fingerprint density at radius 1 is 0.882 bits per heavy atom. The van der Waals surface area contributed by atoms with E-state index in [9.17, 15) is 0 Å². The van der Waals surface area contributed by atoms with Crippen LogP contribution in [-0.4, -0.2) is 27.0 Å². The Hall–Kier alpha value is -2.61. The van der Waals surface area contributed by atoms with E-state index in [2.05, 4.69) is 26.5 Å². The molecule has 3 rings (SSSR count). The molecule has 0 amide bonds. The van der Waals surface area contributed by atoms with Crippen molar-refractivity contribution in [2.24, 2.45) is 5.10 Å². The van der Waals surface area contributed by atoms with Crippen molar-refractivity contribution in [1.82, 2.24) is 5.43 Å². The van der Waals surface area contributed by atoms with Crippen LogP contribution < -0.4 is 24.4 Å². The summed E-state index contributed by atoms with van der Waals surface area (Å²) in [7, 11) is 3.22. The van der Waals surface area contributed by atoms with Gasteiger partial charge in [0, 0.05) is 0 Å². The van der Waals surface area contributed by atoms with Crippen LogP contribution in [0.1, 0.15) is 23.6 Å². The quantitative estimate of drug-likeness (QED) is 0.202. The molecule has 34 heavy (non-hydrogen) atoms. The first-order chi connectivity index (χ1) is 16.4. The minimum Gasteiger partial charge on any atom is -0.493 e. The van der Waals surface area contributed by atoms with Crippen molar-refractivity contribution in [2.45, 2.75) is 20.1 Å². The van der Waals surface area contributed by atoms with Gasteiger partial charge in [0.15, 0.2) is 23.0 Å². The van der Waals surface area contributed by atoms with Crippen LogP contribution >= 0.6 is 39.1 Å². The molecule has 0 unspecified atom stereocenters. The third-order valence-electron chi connectivity index (χ3n) is 4.73. The first-order valence-corrected chi connectivity index (χ1v) is 12.0. The largest absolute Gasteiger partial charge is 0.493 e. The van der Waals surface area contributed by atoms with Crippen molar-refractivity contribution < 1.29 is 18.9 Å². The van der Waals surface area contributed by atoms with Crippen LogP contribution in [0.25, 0.3) is 0 Å². The molecule has 0 heterocycles. The Balaban J connectivity index is 1.68. The smallest absolute Gasteiger partial charge is 0.175 e. The molecule has 0 aliphatic heterocycles. The van der Waals surface area contributed by atoms with Gasteiger partial charge in [-0.1, -0.05) is 35.3 Å². The lowest BCUT2D eigenvalue weighted by Gasteiger charge is -2.15. The fourth-order valence-electron chi connectivity index (χ4n) is 3.10. The Labute approximate surface area is 217 Å². The Kier molecular flexibility index (Phi) is 9.74. The third-order valence-corrected chi connectivity index (χ3v) is 6.06. The first kappa shape index (κ1) is 26.0. The number of hydrogen-bond acceptors (Lipinski definition) is 6. The molecule has 6 nitrogen and oxygen atoms in total. The van der Waals surface area contributed by atoms with Gasteiger partial charge in [0.05, 0.1) is 48.1 Å². The van der Waals surface area contributed by atoms with E-state index in [0.717, 1.165) is 21.2 Å². The number of hydrazone groups is 1. The molecule has 0 saturated carbocycles. The van der Waals surface area contributed by atoms with Gasteiger partial charge >= 0.3 is 0 Å². The van der Waals surface area contributed by atoms with Crippen LogP contribution in [0.4, 0.5) is 0 Å². The third kappa shape index (κ3) is 6.95. The van der Waals surface area contributed by atoms with Gasteiger partial charge in [0.25, 0.3) is 0 Å². The number of benzene rings is 3. The van der Waals surface area contributed by atoms with E-state index in [4.69, 9.17) is 42.1 Å². The highest BCUT2D eigenvalue weighted by atomic mass is 79.9. The molecular weight excluding hydrogens is 543 g/mol. The summed E-state index contributed by atoms with van der Waals surface area (Å²) in [6.07, 6.45) is 1.72. The summed E-state index contributed by atoms with van der Waals surface area (Å²) >= 11 is 15.7. The summed E-state index contributed by atoms with van der Waals surface area (Å²) in [4.78, 5) is 0. The van der Waals surface area contributed by atoms with Crippen molar-refractivity contribution in [3.63, 3.8) is 0 Å². The molecule has 0 aliphatic carbocycles. The summed E-state index contributed by atoms with van der Waals surface area (Å²) < 4.78 is 23.2. The highest BCUT2D eigenvalue weighted by molar-refractivity contribution is 9.10. The molecule has 180 valence electrons. The zero-order valence-corrected chi connectivity index (χ0v) is 22.1. The van der Waals surface area contributed by atoms with E-state index in [0.29, 0.717) is 52.8 Å². The molecule has 0 saturated heterocycles. The Morgan fingerprint density at radius 3 is 2.35 bits per heavy atom. The maximum absolute atomic E-state index is 6.10. The predicted octanol–water partition coefficient (Wildman–Crippen LogP) is 6.87. The monoisotopic (exact) mass is 566 g/mol. The topological polar surface area (TPSA) is 61.3 Å². The highest BCUT2D eigenvalue weighted by Crippen LogP contribution is 2.37. The number of rotatable bonds is 11. The molecule has 3 aromatic carbocycles. The van der Waals surface area contributed by atoms with E-state index >= 15 is 0 Å². The predicted molar refractivity (Wildman–Crippen MR) is 140 cm³/mol. The second-order valence-electron chi connectivity index (χ2n) is 7.08. The number of hydrogen-bond donors (Lipinski definition) is 1. The fraction of sp³-hybridized carbons (Fsp3) is 0.240. The molecule has 0 bridgehead atoms. The molecule has 1 N–H and O–H groups in total. The maximum Gasteiger partial charge on any atom is 0.175 e. The van der Waals surface area contributed by atoms with Crippen LogP contribution in [0, 0.1) is 0 Å². The lowest BCUT2D eigenvalue weighted by atomic mass is 10.2. The van der Waals surface area contributed by atoms with Crippen LogP contribution in [0.5, 0.6) is 23.0 Å². The summed E-state index contributed by atoms with van der Waals surface area (Å²) in [5.41, 5.74) is 5.80. The molecule has 0 atom stereocenters. The zero-order valence-electron chi connectivity index (χ0n) is 19.0. The van der Waals surface area contributed by atoms with E-state index in [1.54, 1.807) is 32.6 Å². The molecule has 0 spiro atoms. The summed E-state index contributed by atoms with van der Waals surface area (Å²) in [5.74, 6) is 2.57. The van der Waals surface area contributed by atoms with Gasteiger partial charge in [-0.25, -0.2) is 0 Å². The first-order valence-electron chi connectivity index (χ1n) is 10.4. The van der Waals surface area contributed by atoms with Gasteiger partial charge in [-0.15, -0.1) is 0 Å². The van der Waals surface area contributed by atoms with Crippen molar-refractivity contribution in [2.75, 3.05) is 20.8 Å². The second kappa shape index (κ2) is 12.7. The van der Waals surface area contributed by atoms with Gasteiger partial charge in [0.2, 0.25) is 0 Å². The van der Waals surface area contributed by atoms with Crippen LogP contribution in [0.2, 0.25) is 10.0 Å². The molecular formula is C25H25BrCl2N2O4. The minimum atomic E-state index is 0.315. The van der Waals surface area contributed by atoms with Gasteiger partial charge in [-0.05, 0) is 75.9 Å². The molecule has 0 radical (unpaired) electrons. The number of halogens is 3. The van der Waals surface area contributed by atoms with E-state index in [-0.39, 0.29) is 0 Å². The number of nitrogens with one attached hydrogen (secondary N) is 1. The highest BCUT2D eigenvalue weighted by Gasteiger charge is 2.13. The van der Waals surface area contributed by atoms with Crippen molar-refractivity contribution in [1.29, 1.82) is 0 Å². The lowest BCUT2D eigenvalue weighted by Crippen LogP contribution is -2.06. The molecule has 0 aromatic heterocycles. The zero-order chi connectivity index (χ0) is 24.5. The number of methoxy groups -OCH3 is 2. The average Bonchev–Trinajstić information content (AvgIpc) is 2.83. The Morgan fingerprint density at radius 2 is 1.65 bits per heavy atom. The van der Waals surface area contributed by atoms with Crippen molar-refractivity contribution in [3.8, 4) is 23.0 Å². The number of nitrogens with zero attached hydrogens (tertiary/aromatic N) is 1. The van der Waals surface area contributed by atoms with E-state index in [1.807, 2.05) is 43.3 Å². The SMILES string of the molecule is CCOc1cc(/C=N\NCc2ccc(OC)c(OC)c2)cc(Br)c1OCc1ccc(Cl)c(Cl)c1. The van der Waals surface area contributed by atoms with Crippen molar-refractivity contribution >= 4 is 45.3 Å². The number of ether oxygens (including phenoxy) is 4. The average molecular weight is 568 g/mol. The summed E-state index contributed by atoms with van der Waals surface area (Å²) in [6.45, 7) is 3.26. The maximum atomic E-state index is 6.10. The van der Waals surface area contributed by atoms with E-state index in [1.165, 1.54) is 0 Å². The summed E-state index contributed by atoms with van der Waals surface area (Å²) in [5, 5.41) is 5.32. The molecule has 9 heteroatoms. The Bertz CT molecular complexity index is 1160. The normalized spacial score (nSPS) is 10.9. The summed E-state index contributed by atoms with van der Waals surface area (Å²) in [6, 6.07) is 14.9. The minimum absolute atomic E-state index is 0.315. The van der Waals surface area contributed by atoms with Crippen LogP contribution in [-0.2, 0) is 13.2 Å². The van der Waals surface area contributed by atoms with Gasteiger partial charge < -0.3 is 24.4 Å².